The molecule has 2 N–H and O–H groups in total. The lowest BCUT2D eigenvalue weighted by molar-refractivity contribution is -0.116. The van der Waals surface area contributed by atoms with E-state index in [1.165, 1.54) is 0 Å². The first-order chi connectivity index (χ1) is 18.9. The van der Waals surface area contributed by atoms with E-state index in [9.17, 15) is 13.2 Å². The van der Waals surface area contributed by atoms with Gasteiger partial charge in [0.1, 0.15) is 0 Å². The maximum Gasteiger partial charge on any atom is 0.224 e. The molecular weight excluding hydrogens is 583 g/mol. The summed E-state index contributed by atoms with van der Waals surface area (Å²) in [5.74, 6) is -0.0798. The molecule has 0 saturated carbocycles. The third-order valence-corrected chi connectivity index (χ3v) is 20.0. The molecule has 0 heterocycles. The molecule has 0 unspecified atom stereocenters. The number of carbonyl (C=O) groups excluding carboxylic acids is 1. The quantitative estimate of drug-likeness (QED) is 0.144. The molecule has 1 rings (SSSR count). The largest absolute Gasteiger partial charge is 0.415 e. The van der Waals surface area contributed by atoms with E-state index in [1.807, 2.05) is 24.3 Å². The van der Waals surface area contributed by atoms with E-state index in [-0.39, 0.29) is 16.0 Å². The number of unbranched alkanes of at least 4 members (excludes halogenated alkanes) is 1. The molecule has 0 saturated heterocycles. The standard InChI is InChI=1S/C31H61N3O5SSi2/c1-29(2,3)40(36,37)32-21-15-14-16-28(35)33-26-17-19-27(20-18-26)34(22-24-38-41(10,11)30(4,5)6)23-25-39-42(12,13)31(7,8)9/h17-20,32H,14-16,21-25H2,1-13H3,(H,33,35). The molecule has 0 radical (unpaired) electrons. The minimum absolute atomic E-state index is 0.0798. The minimum Gasteiger partial charge on any atom is -0.415 e. The van der Waals surface area contributed by atoms with Gasteiger partial charge in [0.05, 0.1) is 18.0 Å². The van der Waals surface area contributed by atoms with Crippen molar-refractivity contribution in [2.75, 3.05) is 43.1 Å². The van der Waals surface area contributed by atoms with Crippen LogP contribution in [0.2, 0.25) is 36.3 Å². The van der Waals surface area contributed by atoms with Crippen LogP contribution in [0.3, 0.4) is 0 Å². The fourth-order valence-electron chi connectivity index (χ4n) is 3.44. The van der Waals surface area contributed by atoms with Gasteiger partial charge in [-0.05, 0) is 94.1 Å². The molecular formula is C31H61N3O5SSi2. The Kier molecular flexibility index (Phi) is 14.0. The average molecular weight is 644 g/mol. The zero-order valence-electron chi connectivity index (χ0n) is 28.9. The van der Waals surface area contributed by atoms with Crippen LogP contribution in [-0.4, -0.2) is 68.6 Å². The molecule has 11 heteroatoms. The number of sulfonamides is 1. The highest BCUT2D eigenvalue weighted by Gasteiger charge is 2.38. The first-order valence-electron chi connectivity index (χ1n) is 15.3. The number of carbonyl (C=O) groups is 1. The summed E-state index contributed by atoms with van der Waals surface area (Å²) in [6.45, 7) is 30.8. The molecule has 0 spiro atoms. The van der Waals surface area contributed by atoms with E-state index in [0.29, 0.717) is 39.0 Å². The Labute approximate surface area is 260 Å². The van der Waals surface area contributed by atoms with E-state index in [0.717, 1.165) is 24.5 Å². The van der Waals surface area contributed by atoms with E-state index in [4.69, 9.17) is 8.85 Å². The Balaban J connectivity index is 2.77. The van der Waals surface area contributed by atoms with Crippen LogP contribution in [0, 0.1) is 0 Å². The van der Waals surface area contributed by atoms with Crippen LogP contribution in [-0.2, 0) is 23.7 Å². The first kappa shape index (κ1) is 38.8. The van der Waals surface area contributed by atoms with Crippen LogP contribution in [0.1, 0.15) is 81.6 Å². The normalized spacial score (nSPS) is 13.7. The second-order valence-electron chi connectivity index (χ2n) is 15.3. The van der Waals surface area contributed by atoms with Crippen molar-refractivity contribution in [2.45, 2.75) is 123 Å². The predicted molar refractivity (Wildman–Crippen MR) is 184 cm³/mol. The number of hydrogen-bond donors (Lipinski definition) is 2. The molecule has 0 aliphatic carbocycles. The van der Waals surface area contributed by atoms with Gasteiger partial charge in [0.2, 0.25) is 15.9 Å². The summed E-state index contributed by atoms with van der Waals surface area (Å²) in [5, 5.41) is 3.28. The van der Waals surface area contributed by atoms with Crippen LogP contribution in [0.4, 0.5) is 11.4 Å². The van der Waals surface area contributed by atoms with Crippen molar-refractivity contribution < 1.29 is 22.1 Å². The number of amides is 1. The van der Waals surface area contributed by atoms with E-state index < -0.39 is 31.4 Å². The molecule has 1 amide bonds. The van der Waals surface area contributed by atoms with Gasteiger partial charge in [-0.25, -0.2) is 13.1 Å². The monoisotopic (exact) mass is 643 g/mol. The number of hydrogen-bond acceptors (Lipinski definition) is 6. The first-order valence-corrected chi connectivity index (χ1v) is 22.6. The third kappa shape index (κ3) is 12.4. The molecule has 8 nitrogen and oxygen atoms in total. The molecule has 0 bridgehead atoms. The van der Waals surface area contributed by atoms with Crippen molar-refractivity contribution >= 4 is 43.9 Å². The second kappa shape index (κ2) is 15.2. The second-order valence-corrected chi connectivity index (χ2v) is 27.4. The van der Waals surface area contributed by atoms with E-state index in [2.05, 4.69) is 82.7 Å². The van der Waals surface area contributed by atoms with Gasteiger partial charge >= 0.3 is 0 Å². The molecule has 42 heavy (non-hydrogen) atoms. The van der Waals surface area contributed by atoms with Crippen LogP contribution < -0.4 is 14.9 Å². The molecule has 0 atom stereocenters. The highest BCUT2D eigenvalue weighted by atomic mass is 32.2. The third-order valence-electron chi connectivity index (χ3n) is 8.71. The van der Waals surface area contributed by atoms with Gasteiger partial charge in [-0.3, -0.25) is 4.79 Å². The van der Waals surface area contributed by atoms with Crippen LogP contribution in [0.5, 0.6) is 0 Å². The van der Waals surface area contributed by atoms with Crippen molar-refractivity contribution in [3.05, 3.63) is 24.3 Å². The van der Waals surface area contributed by atoms with Gasteiger partial charge in [-0.15, -0.1) is 0 Å². The summed E-state index contributed by atoms with van der Waals surface area (Å²) in [5.41, 5.74) is 1.81. The highest BCUT2D eigenvalue weighted by molar-refractivity contribution is 7.90. The van der Waals surface area contributed by atoms with Crippen molar-refractivity contribution in [1.82, 2.24) is 4.72 Å². The summed E-state index contributed by atoms with van der Waals surface area (Å²) in [6.07, 6.45) is 1.54. The van der Waals surface area contributed by atoms with Gasteiger partial charge in [-0.2, -0.15) is 0 Å². The van der Waals surface area contributed by atoms with Gasteiger partial charge in [0.25, 0.3) is 0 Å². The molecule has 0 aromatic heterocycles. The molecule has 1 aromatic carbocycles. The van der Waals surface area contributed by atoms with Crippen LogP contribution >= 0.6 is 0 Å². The molecule has 0 aliphatic rings. The van der Waals surface area contributed by atoms with Crippen molar-refractivity contribution in [2.24, 2.45) is 0 Å². The number of benzene rings is 1. The van der Waals surface area contributed by atoms with E-state index in [1.54, 1.807) is 20.8 Å². The number of anilines is 2. The van der Waals surface area contributed by atoms with Gasteiger partial charge in [0, 0.05) is 37.4 Å². The van der Waals surface area contributed by atoms with Gasteiger partial charge in [-0.1, -0.05) is 41.5 Å². The smallest absolute Gasteiger partial charge is 0.224 e. The van der Waals surface area contributed by atoms with Crippen molar-refractivity contribution in [1.29, 1.82) is 0 Å². The van der Waals surface area contributed by atoms with Crippen LogP contribution in [0.15, 0.2) is 24.3 Å². The lowest BCUT2D eigenvalue weighted by atomic mass is 10.2. The molecule has 0 aliphatic heterocycles. The van der Waals surface area contributed by atoms with Crippen LogP contribution in [0.25, 0.3) is 0 Å². The summed E-state index contributed by atoms with van der Waals surface area (Å²) >= 11 is 0. The topological polar surface area (TPSA) is 97.0 Å². The zero-order chi connectivity index (χ0) is 32.6. The van der Waals surface area contributed by atoms with Crippen molar-refractivity contribution in [3.63, 3.8) is 0 Å². The Morgan fingerprint density at radius 2 is 1.24 bits per heavy atom. The predicted octanol–water partition coefficient (Wildman–Crippen LogP) is 7.36. The fraction of sp³-hybridized carbons (Fsp3) is 0.774. The lowest BCUT2D eigenvalue weighted by Gasteiger charge is -2.38. The summed E-state index contributed by atoms with van der Waals surface area (Å²) < 4.78 is 39.0. The summed E-state index contributed by atoms with van der Waals surface area (Å²) in [4.78, 5) is 14.8. The molecule has 0 fully saturated rings. The summed E-state index contributed by atoms with van der Waals surface area (Å²) in [6, 6.07) is 7.94. The zero-order valence-corrected chi connectivity index (χ0v) is 31.7. The Hall–Kier alpha value is -1.25. The maximum atomic E-state index is 12.5. The van der Waals surface area contributed by atoms with Gasteiger partial charge < -0.3 is 19.1 Å². The van der Waals surface area contributed by atoms with E-state index >= 15 is 0 Å². The molecule has 1 aromatic rings. The van der Waals surface area contributed by atoms with Crippen molar-refractivity contribution in [3.8, 4) is 0 Å². The van der Waals surface area contributed by atoms with Gasteiger partial charge in [0.15, 0.2) is 16.6 Å². The number of rotatable bonds is 16. The average Bonchev–Trinajstić information content (AvgIpc) is 2.81. The number of nitrogens with one attached hydrogen (secondary N) is 2. The Morgan fingerprint density at radius 1 is 0.786 bits per heavy atom. The maximum absolute atomic E-state index is 12.5. The minimum atomic E-state index is -3.36. The number of nitrogens with zero attached hydrogens (tertiary/aromatic N) is 1. The summed E-state index contributed by atoms with van der Waals surface area (Å²) in [7, 11) is -7.07. The Morgan fingerprint density at radius 3 is 1.64 bits per heavy atom. The Bertz CT molecular complexity index is 1060. The fourth-order valence-corrected chi connectivity index (χ4v) is 6.35. The molecule has 244 valence electrons. The highest BCUT2D eigenvalue weighted by Crippen LogP contribution is 2.37. The SMILES string of the molecule is CC(C)(C)[Si](C)(C)OCCN(CCO[Si](C)(C)C(C)(C)C)c1ccc(NC(=O)CCCCNS(=O)(=O)C(C)(C)C)cc1. The lowest BCUT2D eigenvalue weighted by Crippen LogP contribution is -2.44.